The molecule has 0 radical (unpaired) electrons. The average molecular weight is 370 g/mol. The maximum absolute atomic E-state index is 13.2. The molecule has 0 spiro atoms. The van der Waals surface area contributed by atoms with E-state index in [1.54, 1.807) is 7.11 Å². The Morgan fingerprint density at radius 2 is 2.00 bits per heavy atom. The summed E-state index contributed by atoms with van der Waals surface area (Å²) in [5.74, 6) is 1.53. The van der Waals surface area contributed by atoms with E-state index in [0.717, 1.165) is 28.9 Å². The number of aromatic nitrogens is 1. The van der Waals surface area contributed by atoms with Gasteiger partial charge < -0.3 is 19.1 Å². The van der Waals surface area contributed by atoms with E-state index < -0.39 is 0 Å². The molecule has 5 heteroatoms. The smallest absolute Gasteiger partial charge is 0.270 e. The Morgan fingerprint density at radius 1 is 1.19 bits per heavy atom. The number of carbonyl (C=O) groups is 1. The standard InChI is InChI=1S/C22H31N3O2/c1-23(15-17-7-6-12-25-11-5-4-8-19(17)25)22(26)21-13-16-9-10-18(27-3)14-20(16)24(21)2/h9-10,13-14,17,19H,4-8,11-12,15H2,1-3H3/t17-,19-/m0/s1. The van der Waals surface area contributed by atoms with E-state index in [1.807, 2.05) is 47.8 Å². The zero-order chi connectivity index (χ0) is 19.0. The van der Waals surface area contributed by atoms with Crippen molar-refractivity contribution in [3.63, 3.8) is 0 Å². The second-order valence-corrected chi connectivity index (χ2v) is 8.20. The first-order valence-corrected chi connectivity index (χ1v) is 10.2. The van der Waals surface area contributed by atoms with Crippen LogP contribution in [-0.2, 0) is 7.05 Å². The Hall–Kier alpha value is -2.01. The summed E-state index contributed by atoms with van der Waals surface area (Å²) >= 11 is 0. The lowest BCUT2D eigenvalue weighted by atomic mass is 9.83. The number of nitrogens with zero attached hydrogens (tertiary/aromatic N) is 3. The highest BCUT2D eigenvalue weighted by molar-refractivity contribution is 5.98. The van der Waals surface area contributed by atoms with Crippen LogP contribution in [0.15, 0.2) is 24.3 Å². The fraction of sp³-hybridized carbons (Fsp3) is 0.591. The minimum absolute atomic E-state index is 0.112. The summed E-state index contributed by atoms with van der Waals surface area (Å²) in [6.45, 7) is 3.33. The second kappa shape index (κ2) is 7.55. The number of piperidine rings is 2. The summed E-state index contributed by atoms with van der Waals surface area (Å²) in [6, 6.07) is 8.63. The highest BCUT2D eigenvalue weighted by atomic mass is 16.5. The highest BCUT2D eigenvalue weighted by Gasteiger charge is 2.34. The second-order valence-electron chi connectivity index (χ2n) is 8.20. The third kappa shape index (κ3) is 3.45. The van der Waals surface area contributed by atoms with E-state index >= 15 is 0 Å². The van der Waals surface area contributed by atoms with Crippen LogP contribution < -0.4 is 4.74 Å². The fourth-order valence-corrected chi connectivity index (χ4v) is 5.06. The van der Waals surface area contributed by atoms with Crippen molar-refractivity contribution >= 4 is 16.8 Å². The average Bonchev–Trinajstić information content (AvgIpc) is 3.03. The molecule has 3 heterocycles. The molecule has 2 saturated heterocycles. The molecule has 5 nitrogen and oxygen atoms in total. The summed E-state index contributed by atoms with van der Waals surface area (Å²) in [6.07, 6.45) is 6.46. The summed E-state index contributed by atoms with van der Waals surface area (Å²) in [5.41, 5.74) is 1.78. The summed E-state index contributed by atoms with van der Waals surface area (Å²) in [7, 11) is 5.59. The van der Waals surface area contributed by atoms with E-state index in [-0.39, 0.29) is 5.91 Å². The van der Waals surface area contributed by atoms with Crippen LogP contribution in [0.2, 0.25) is 0 Å². The van der Waals surface area contributed by atoms with Crippen LogP contribution in [-0.4, -0.2) is 60.1 Å². The number of aryl methyl sites for hydroxylation is 1. The number of amides is 1. The largest absolute Gasteiger partial charge is 0.497 e. The van der Waals surface area contributed by atoms with Gasteiger partial charge in [0.05, 0.1) is 12.6 Å². The van der Waals surface area contributed by atoms with Crippen molar-refractivity contribution in [1.29, 1.82) is 0 Å². The molecule has 0 aliphatic carbocycles. The number of hydrogen-bond donors (Lipinski definition) is 0. The molecular weight excluding hydrogens is 338 g/mol. The monoisotopic (exact) mass is 369 g/mol. The van der Waals surface area contributed by atoms with Crippen LogP contribution >= 0.6 is 0 Å². The molecule has 2 aliphatic heterocycles. The zero-order valence-electron chi connectivity index (χ0n) is 16.8. The van der Waals surface area contributed by atoms with Crippen molar-refractivity contribution in [2.24, 2.45) is 13.0 Å². The number of ether oxygens (including phenoxy) is 1. The number of carbonyl (C=O) groups excluding carboxylic acids is 1. The quantitative estimate of drug-likeness (QED) is 0.827. The van der Waals surface area contributed by atoms with E-state index in [4.69, 9.17) is 4.74 Å². The van der Waals surface area contributed by atoms with E-state index in [2.05, 4.69) is 4.90 Å². The van der Waals surface area contributed by atoms with Gasteiger partial charge in [-0.05, 0) is 62.9 Å². The van der Waals surface area contributed by atoms with Crippen molar-refractivity contribution in [3.05, 3.63) is 30.0 Å². The van der Waals surface area contributed by atoms with Gasteiger partial charge in [-0.2, -0.15) is 0 Å². The molecular formula is C22H31N3O2. The van der Waals surface area contributed by atoms with Gasteiger partial charge in [0, 0.05) is 38.1 Å². The Balaban J connectivity index is 1.52. The Bertz CT molecular complexity index is 826. The van der Waals surface area contributed by atoms with E-state index in [0.29, 0.717) is 12.0 Å². The first-order valence-electron chi connectivity index (χ1n) is 10.2. The van der Waals surface area contributed by atoms with Crippen molar-refractivity contribution in [3.8, 4) is 5.75 Å². The Kier molecular flexibility index (Phi) is 5.13. The van der Waals surface area contributed by atoms with Crippen LogP contribution in [0.4, 0.5) is 0 Å². The number of methoxy groups -OCH3 is 1. The molecule has 2 fully saturated rings. The lowest BCUT2D eigenvalue weighted by molar-refractivity contribution is 0.0400. The van der Waals surface area contributed by atoms with Crippen molar-refractivity contribution in [2.75, 3.05) is 33.8 Å². The SMILES string of the molecule is COc1ccc2cc(C(=O)N(C)C[C@@H]3CCCN4CCCC[C@@H]34)n(C)c2c1. The molecule has 27 heavy (non-hydrogen) atoms. The third-order valence-electron chi connectivity index (χ3n) is 6.56. The Labute approximate surface area is 161 Å². The Morgan fingerprint density at radius 3 is 2.81 bits per heavy atom. The number of fused-ring (bicyclic) bond motifs is 2. The molecule has 4 rings (SSSR count). The summed E-state index contributed by atoms with van der Waals surface area (Å²) in [4.78, 5) is 17.8. The molecule has 1 aromatic carbocycles. The van der Waals surface area contributed by atoms with Crippen molar-refractivity contribution in [1.82, 2.24) is 14.4 Å². The van der Waals surface area contributed by atoms with E-state index in [9.17, 15) is 4.79 Å². The van der Waals surface area contributed by atoms with Crippen LogP contribution in [0, 0.1) is 5.92 Å². The van der Waals surface area contributed by atoms with Gasteiger partial charge in [0.1, 0.15) is 11.4 Å². The lowest BCUT2D eigenvalue weighted by Crippen LogP contribution is -2.51. The highest BCUT2D eigenvalue weighted by Crippen LogP contribution is 2.32. The first kappa shape index (κ1) is 18.4. The minimum atomic E-state index is 0.112. The van der Waals surface area contributed by atoms with Gasteiger partial charge in [0.25, 0.3) is 5.91 Å². The summed E-state index contributed by atoms with van der Waals surface area (Å²) < 4.78 is 7.32. The lowest BCUT2D eigenvalue weighted by Gasteiger charge is -2.45. The van der Waals surface area contributed by atoms with Crippen LogP contribution in [0.25, 0.3) is 10.9 Å². The number of benzene rings is 1. The van der Waals surface area contributed by atoms with Gasteiger partial charge in [-0.25, -0.2) is 0 Å². The molecule has 0 N–H and O–H groups in total. The normalized spacial score (nSPS) is 23.2. The van der Waals surface area contributed by atoms with Gasteiger partial charge in [0.15, 0.2) is 0 Å². The maximum Gasteiger partial charge on any atom is 0.270 e. The third-order valence-corrected chi connectivity index (χ3v) is 6.56. The zero-order valence-corrected chi connectivity index (χ0v) is 16.8. The number of rotatable bonds is 4. The molecule has 0 unspecified atom stereocenters. The maximum atomic E-state index is 13.2. The molecule has 0 saturated carbocycles. The molecule has 0 bridgehead atoms. The van der Waals surface area contributed by atoms with Crippen molar-refractivity contribution in [2.45, 2.75) is 38.1 Å². The minimum Gasteiger partial charge on any atom is -0.497 e. The van der Waals surface area contributed by atoms with Gasteiger partial charge in [-0.1, -0.05) is 6.42 Å². The van der Waals surface area contributed by atoms with Gasteiger partial charge in [0.2, 0.25) is 0 Å². The molecule has 2 aromatic rings. The molecule has 1 aromatic heterocycles. The van der Waals surface area contributed by atoms with E-state index in [1.165, 1.54) is 45.2 Å². The summed E-state index contributed by atoms with van der Waals surface area (Å²) in [5, 5.41) is 1.08. The van der Waals surface area contributed by atoms with Crippen LogP contribution in [0.5, 0.6) is 5.75 Å². The molecule has 1 amide bonds. The van der Waals surface area contributed by atoms with Gasteiger partial charge in [-0.3, -0.25) is 4.79 Å². The molecule has 2 aliphatic rings. The first-order chi connectivity index (χ1) is 13.1. The predicted octanol–water partition coefficient (Wildman–Crippen LogP) is 3.52. The van der Waals surface area contributed by atoms with Gasteiger partial charge in [-0.15, -0.1) is 0 Å². The molecule has 2 atom stereocenters. The fourth-order valence-electron chi connectivity index (χ4n) is 5.06. The van der Waals surface area contributed by atoms with Gasteiger partial charge >= 0.3 is 0 Å². The topological polar surface area (TPSA) is 37.7 Å². The molecule has 146 valence electrons. The van der Waals surface area contributed by atoms with Crippen LogP contribution in [0.1, 0.15) is 42.6 Å². The van der Waals surface area contributed by atoms with Crippen molar-refractivity contribution < 1.29 is 9.53 Å². The van der Waals surface area contributed by atoms with Crippen LogP contribution in [0.3, 0.4) is 0 Å². The number of hydrogen-bond acceptors (Lipinski definition) is 3. The predicted molar refractivity (Wildman–Crippen MR) is 108 cm³/mol.